The van der Waals surface area contributed by atoms with Crippen molar-refractivity contribution in [2.24, 2.45) is 0 Å². The SMILES string of the molecule is O=C1COc2ccc(-c3csc(-c4ccccc4)n3)cc2N1CCO. The van der Waals surface area contributed by atoms with Gasteiger partial charge in [0.05, 0.1) is 18.0 Å². The molecular weight excluding hydrogens is 336 g/mol. The number of carbonyl (C=O) groups excluding carboxylic acids is 1. The van der Waals surface area contributed by atoms with E-state index in [4.69, 9.17) is 9.72 Å². The topological polar surface area (TPSA) is 62.7 Å². The van der Waals surface area contributed by atoms with Gasteiger partial charge in [0, 0.05) is 23.1 Å². The summed E-state index contributed by atoms with van der Waals surface area (Å²) in [6.45, 7) is 0.163. The molecule has 3 aromatic rings. The lowest BCUT2D eigenvalue weighted by atomic mass is 10.1. The van der Waals surface area contributed by atoms with E-state index in [9.17, 15) is 9.90 Å². The van der Waals surface area contributed by atoms with Crippen molar-refractivity contribution in [3.63, 3.8) is 0 Å². The smallest absolute Gasteiger partial charge is 0.265 e. The number of amides is 1. The number of aliphatic hydroxyl groups is 1. The number of hydrogen-bond acceptors (Lipinski definition) is 5. The molecule has 1 aliphatic rings. The third kappa shape index (κ3) is 3.01. The summed E-state index contributed by atoms with van der Waals surface area (Å²) < 4.78 is 5.49. The minimum absolute atomic E-state index is 0.00119. The molecule has 0 saturated heterocycles. The summed E-state index contributed by atoms with van der Waals surface area (Å²) in [7, 11) is 0. The molecule has 1 aromatic heterocycles. The summed E-state index contributed by atoms with van der Waals surface area (Å²) in [6.07, 6.45) is 0. The minimum atomic E-state index is -0.151. The maximum atomic E-state index is 12.1. The van der Waals surface area contributed by atoms with Gasteiger partial charge >= 0.3 is 0 Å². The monoisotopic (exact) mass is 352 g/mol. The second kappa shape index (κ2) is 6.66. The predicted molar refractivity (Wildman–Crippen MR) is 97.9 cm³/mol. The van der Waals surface area contributed by atoms with E-state index in [2.05, 4.69) is 0 Å². The molecule has 1 N–H and O–H groups in total. The number of aromatic nitrogens is 1. The minimum Gasteiger partial charge on any atom is -0.482 e. The molecule has 126 valence electrons. The first-order valence-corrected chi connectivity index (χ1v) is 8.83. The third-order valence-corrected chi connectivity index (χ3v) is 4.94. The second-order valence-corrected chi connectivity index (χ2v) is 6.50. The molecule has 5 nitrogen and oxygen atoms in total. The van der Waals surface area contributed by atoms with Gasteiger partial charge in [-0.05, 0) is 18.2 Å². The van der Waals surface area contributed by atoms with Crippen molar-refractivity contribution in [2.45, 2.75) is 0 Å². The lowest BCUT2D eigenvalue weighted by Crippen LogP contribution is -2.40. The van der Waals surface area contributed by atoms with E-state index >= 15 is 0 Å². The van der Waals surface area contributed by atoms with Gasteiger partial charge in [0.1, 0.15) is 10.8 Å². The first-order valence-electron chi connectivity index (χ1n) is 7.95. The molecule has 0 spiro atoms. The van der Waals surface area contributed by atoms with Crippen molar-refractivity contribution < 1.29 is 14.6 Å². The second-order valence-electron chi connectivity index (χ2n) is 5.64. The van der Waals surface area contributed by atoms with Crippen LogP contribution in [-0.4, -0.2) is 35.8 Å². The number of fused-ring (bicyclic) bond motifs is 1. The van der Waals surface area contributed by atoms with Crippen molar-refractivity contribution in [3.8, 4) is 27.6 Å². The van der Waals surface area contributed by atoms with E-state index in [0.717, 1.165) is 21.8 Å². The average Bonchev–Trinajstić information content (AvgIpc) is 3.15. The number of benzene rings is 2. The molecule has 0 fully saturated rings. The Morgan fingerprint density at radius 2 is 2.00 bits per heavy atom. The van der Waals surface area contributed by atoms with Gasteiger partial charge in [-0.15, -0.1) is 11.3 Å². The number of anilines is 1. The first-order chi connectivity index (χ1) is 12.3. The summed E-state index contributed by atoms with van der Waals surface area (Å²) in [4.78, 5) is 18.3. The van der Waals surface area contributed by atoms with Crippen LogP contribution in [0.5, 0.6) is 5.75 Å². The van der Waals surface area contributed by atoms with Gasteiger partial charge in [0.2, 0.25) is 0 Å². The molecule has 0 unspecified atom stereocenters. The van der Waals surface area contributed by atoms with Gasteiger partial charge in [0.25, 0.3) is 5.91 Å². The fraction of sp³-hybridized carbons (Fsp3) is 0.158. The normalized spacial score (nSPS) is 13.5. The fourth-order valence-electron chi connectivity index (χ4n) is 2.83. The van der Waals surface area contributed by atoms with Crippen LogP contribution < -0.4 is 9.64 Å². The Hall–Kier alpha value is -2.70. The Bertz CT molecular complexity index is 908. The zero-order chi connectivity index (χ0) is 17.2. The highest BCUT2D eigenvalue weighted by Gasteiger charge is 2.25. The largest absolute Gasteiger partial charge is 0.482 e. The molecule has 4 rings (SSSR count). The Balaban J connectivity index is 1.70. The molecule has 1 aliphatic heterocycles. The lowest BCUT2D eigenvalue weighted by molar-refractivity contribution is -0.121. The molecule has 0 saturated carbocycles. The van der Waals surface area contributed by atoms with Gasteiger partial charge in [-0.2, -0.15) is 0 Å². The number of aliphatic hydroxyl groups excluding tert-OH is 1. The van der Waals surface area contributed by atoms with Gasteiger partial charge in [0.15, 0.2) is 6.61 Å². The fourth-order valence-corrected chi connectivity index (χ4v) is 3.66. The molecule has 0 atom stereocenters. The van der Waals surface area contributed by atoms with Gasteiger partial charge in [-0.3, -0.25) is 4.79 Å². The highest BCUT2D eigenvalue weighted by atomic mass is 32.1. The molecular formula is C19H16N2O3S. The average molecular weight is 352 g/mol. The highest BCUT2D eigenvalue weighted by Crippen LogP contribution is 2.37. The summed E-state index contributed by atoms with van der Waals surface area (Å²) >= 11 is 1.58. The summed E-state index contributed by atoms with van der Waals surface area (Å²) in [5.74, 6) is 0.497. The Kier molecular flexibility index (Phi) is 4.21. The van der Waals surface area contributed by atoms with Gasteiger partial charge in [-0.25, -0.2) is 4.98 Å². The molecule has 2 aromatic carbocycles. The van der Waals surface area contributed by atoms with Crippen LogP contribution in [0.4, 0.5) is 5.69 Å². The molecule has 25 heavy (non-hydrogen) atoms. The zero-order valence-corrected chi connectivity index (χ0v) is 14.2. The lowest BCUT2D eigenvalue weighted by Gasteiger charge is -2.29. The number of ether oxygens (including phenoxy) is 1. The van der Waals surface area contributed by atoms with Crippen LogP contribution in [0.1, 0.15) is 0 Å². The summed E-state index contributed by atoms with van der Waals surface area (Å²) in [6, 6.07) is 15.7. The molecule has 0 aliphatic carbocycles. The van der Waals surface area contributed by atoms with Crippen molar-refractivity contribution in [2.75, 3.05) is 24.7 Å². The van der Waals surface area contributed by atoms with Crippen LogP contribution >= 0.6 is 11.3 Å². The number of carbonyl (C=O) groups is 1. The molecule has 0 radical (unpaired) electrons. The van der Waals surface area contributed by atoms with Gasteiger partial charge in [-0.1, -0.05) is 30.3 Å². The molecule has 1 amide bonds. The van der Waals surface area contributed by atoms with Gasteiger partial charge < -0.3 is 14.7 Å². The summed E-state index contributed by atoms with van der Waals surface area (Å²) in [5.41, 5.74) is 3.53. The highest BCUT2D eigenvalue weighted by molar-refractivity contribution is 7.13. The van der Waals surface area contributed by atoms with E-state index in [1.165, 1.54) is 0 Å². The van der Waals surface area contributed by atoms with E-state index in [1.54, 1.807) is 16.2 Å². The van der Waals surface area contributed by atoms with E-state index in [-0.39, 0.29) is 25.7 Å². The van der Waals surface area contributed by atoms with Crippen LogP contribution in [0, 0.1) is 0 Å². The Morgan fingerprint density at radius 1 is 1.16 bits per heavy atom. The number of thiazole rings is 1. The summed E-state index contributed by atoms with van der Waals surface area (Å²) in [5, 5.41) is 12.2. The molecule has 0 bridgehead atoms. The van der Waals surface area contributed by atoms with Crippen molar-refractivity contribution in [1.82, 2.24) is 4.98 Å². The number of rotatable bonds is 4. The van der Waals surface area contributed by atoms with E-state index in [0.29, 0.717) is 11.4 Å². The van der Waals surface area contributed by atoms with Crippen molar-refractivity contribution in [3.05, 3.63) is 53.9 Å². The Labute approximate surface area is 149 Å². The third-order valence-electron chi connectivity index (χ3n) is 4.05. The maximum Gasteiger partial charge on any atom is 0.265 e. The number of β-amino-alcohol motifs (C(OH)–C–C–N with tert-alkyl or cyclic N) is 1. The van der Waals surface area contributed by atoms with Crippen LogP contribution in [0.15, 0.2) is 53.9 Å². The van der Waals surface area contributed by atoms with Crippen molar-refractivity contribution in [1.29, 1.82) is 0 Å². The number of hydrogen-bond donors (Lipinski definition) is 1. The number of nitrogens with zero attached hydrogens (tertiary/aromatic N) is 2. The molecule has 6 heteroatoms. The first kappa shape index (κ1) is 15.8. The maximum absolute atomic E-state index is 12.1. The van der Waals surface area contributed by atoms with Crippen LogP contribution in [0.3, 0.4) is 0 Å². The van der Waals surface area contributed by atoms with E-state index < -0.39 is 0 Å². The van der Waals surface area contributed by atoms with Crippen LogP contribution in [-0.2, 0) is 4.79 Å². The molecule has 2 heterocycles. The van der Waals surface area contributed by atoms with Crippen molar-refractivity contribution >= 4 is 22.9 Å². The van der Waals surface area contributed by atoms with E-state index in [1.807, 2.05) is 53.9 Å². The predicted octanol–water partition coefficient (Wildman–Crippen LogP) is 3.19. The standard InChI is InChI=1S/C19H16N2O3S/c22-9-8-21-16-10-14(6-7-17(16)24-11-18(21)23)15-12-25-19(20-15)13-4-2-1-3-5-13/h1-7,10,12,22H,8-9,11H2. The Morgan fingerprint density at radius 3 is 2.80 bits per heavy atom. The van der Waals surface area contributed by atoms with Crippen LogP contribution in [0.2, 0.25) is 0 Å². The van der Waals surface area contributed by atoms with Crippen LogP contribution in [0.25, 0.3) is 21.8 Å². The zero-order valence-electron chi connectivity index (χ0n) is 13.4. The quantitative estimate of drug-likeness (QED) is 0.783.